The Balaban J connectivity index is 1.73. The fraction of sp³-hybridized carbons (Fsp3) is 0.389. The third-order valence-corrected chi connectivity index (χ3v) is 4.28. The molecule has 1 aliphatic rings. The van der Waals surface area contributed by atoms with Crippen LogP contribution in [-0.4, -0.2) is 22.6 Å². The summed E-state index contributed by atoms with van der Waals surface area (Å²) in [5, 5.41) is 11.3. The Hall–Kier alpha value is -2.43. The van der Waals surface area contributed by atoms with Crippen LogP contribution in [0.15, 0.2) is 36.4 Å². The van der Waals surface area contributed by atoms with Gasteiger partial charge in [0.05, 0.1) is 0 Å². The summed E-state index contributed by atoms with van der Waals surface area (Å²) in [4.78, 5) is 14.0. The summed E-state index contributed by atoms with van der Waals surface area (Å²) in [6, 6.07) is 12.0. The minimum absolute atomic E-state index is 0.0596. The van der Waals surface area contributed by atoms with Crippen molar-refractivity contribution in [2.75, 3.05) is 16.8 Å². The molecule has 1 aromatic carbocycles. The van der Waals surface area contributed by atoms with Gasteiger partial charge >= 0.3 is 0 Å². The van der Waals surface area contributed by atoms with Crippen molar-refractivity contribution in [1.82, 2.24) is 10.2 Å². The van der Waals surface area contributed by atoms with Crippen molar-refractivity contribution in [2.45, 2.75) is 33.1 Å². The lowest BCUT2D eigenvalue weighted by Gasteiger charge is -2.24. The number of carbonyl (C=O) groups is 1. The Labute approximate surface area is 136 Å². The average Bonchev–Trinajstić information content (AvgIpc) is 2.48. The molecule has 3 rings (SSSR count). The summed E-state index contributed by atoms with van der Waals surface area (Å²) >= 11 is 0. The summed E-state index contributed by atoms with van der Waals surface area (Å²) in [5.41, 5.74) is 2.30. The molecule has 0 bridgehead atoms. The molecule has 1 aliphatic carbocycles. The van der Waals surface area contributed by atoms with E-state index in [1.807, 2.05) is 18.2 Å². The fourth-order valence-corrected chi connectivity index (χ4v) is 2.71. The van der Waals surface area contributed by atoms with Crippen molar-refractivity contribution < 1.29 is 4.79 Å². The molecule has 1 amide bonds. The van der Waals surface area contributed by atoms with Crippen LogP contribution in [0.1, 0.15) is 31.7 Å². The molecule has 0 atom stereocenters. The highest BCUT2D eigenvalue weighted by atomic mass is 16.2. The van der Waals surface area contributed by atoms with Crippen LogP contribution in [0.5, 0.6) is 0 Å². The predicted molar refractivity (Wildman–Crippen MR) is 91.9 cm³/mol. The van der Waals surface area contributed by atoms with Crippen LogP contribution in [0.3, 0.4) is 0 Å². The van der Waals surface area contributed by atoms with Crippen molar-refractivity contribution in [3.63, 3.8) is 0 Å². The summed E-state index contributed by atoms with van der Waals surface area (Å²) in [6.45, 7) is 4.95. The quantitative estimate of drug-likeness (QED) is 0.915. The standard InChI is InChI=1S/C18H22N4O/c1-3-22(15-9-4-6-13(2)12-15)17-11-10-16(20-21-17)19-18(23)14-7-5-8-14/h4,6,9-12,14H,3,5,7-8H2,1-2H3,(H,19,20,23). The second kappa shape index (κ2) is 6.77. The van der Waals surface area contributed by atoms with Gasteiger partial charge in [0.1, 0.15) is 0 Å². The SMILES string of the molecule is CCN(c1cccc(C)c1)c1ccc(NC(=O)C2CCC2)nn1. The first-order chi connectivity index (χ1) is 11.2. The lowest BCUT2D eigenvalue weighted by molar-refractivity contribution is -0.122. The molecule has 1 aromatic heterocycles. The molecule has 1 saturated carbocycles. The molecule has 120 valence electrons. The summed E-state index contributed by atoms with van der Waals surface area (Å²) in [5.74, 6) is 1.51. The largest absolute Gasteiger partial charge is 0.325 e. The summed E-state index contributed by atoms with van der Waals surface area (Å²) in [6.07, 6.45) is 3.10. The van der Waals surface area contributed by atoms with Crippen molar-refractivity contribution >= 4 is 23.2 Å². The second-order valence-corrected chi connectivity index (χ2v) is 5.98. The van der Waals surface area contributed by atoms with Gasteiger partial charge in [-0.15, -0.1) is 10.2 Å². The van der Waals surface area contributed by atoms with E-state index >= 15 is 0 Å². The molecule has 5 heteroatoms. The van der Waals surface area contributed by atoms with Crippen molar-refractivity contribution in [1.29, 1.82) is 0 Å². The molecule has 1 N–H and O–H groups in total. The van der Waals surface area contributed by atoms with Crippen LogP contribution < -0.4 is 10.2 Å². The lowest BCUT2D eigenvalue weighted by Crippen LogP contribution is -2.28. The molecule has 23 heavy (non-hydrogen) atoms. The van der Waals surface area contributed by atoms with Gasteiger partial charge in [0.25, 0.3) is 0 Å². The van der Waals surface area contributed by atoms with Gasteiger partial charge in [0.15, 0.2) is 11.6 Å². The number of hydrogen-bond acceptors (Lipinski definition) is 4. The number of nitrogens with one attached hydrogen (secondary N) is 1. The highest BCUT2D eigenvalue weighted by Gasteiger charge is 2.25. The number of carbonyl (C=O) groups excluding carboxylic acids is 1. The van der Waals surface area contributed by atoms with Crippen LogP contribution in [0.4, 0.5) is 17.3 Å². The Morgan fingerprint density at radius 3 is 2.65 bits per heavy atom. The first-order valence-electron chi connectivity index (χ1n) is 8.16. The molecular formula is C18H22N4O. The van der Waals surface area contributed by atoms with E-state index in [1.165, 1.54) is 5.56 Å². The normalized spacial score (nSPS) is 14.2. The van der Waals surface area contributed by atoms with Gasteiger partial charge in [-0.25, -0.2) is 0 Å². The van der Waals surface area contributed by atoms with Crippen molar-refractivity contribution in [3.8, 4) is 0 Å². The number of benzene rings is 1. The maximum atomic E-state index is 11.9. The number of nitrogens with zero attached hydrogens (tertiary/aromatic N) is 3. The third-order valence-electron chi connectivity index (χ3n) is 4.28. The van der Waals surface area contributed by atoms with E-state index in [4.69, 9.17) is 0 Å². The van der Waals surface area contributed by atoms with Gasteiger partial charge in [-0.1, -0.05) is 18.6 Å². The summed E-state index contributed by atoms with van der Waals surface area (Å²) in [7, 11) is 0. The number of amides is 1. The zero-order chi connectivity index (χ0) is 16.2. The molecule has 0 radical (unpaired) electrons. The minimum Gasteiger partial charge on any atom is -0.325 e. The molecule has 2 aromatic rings. The Kier molecular flexibility index (Phi) is 4.55. The van der Waals surface area contributed by atoms with E-state index in [2.05, 4.69) is 52.5 Å². The summed E-state index contributed by atoms with van der Waals surface area (Å²) < 4.78 is 0. The van der Waals surface area contributed by atoms with E-state index in [-0.39, 0.29) is 11.8 Å². The van der Waals surface area contributed by atoms with Crippen LogP contribution in [0.25, 0.3) is 0 Å². The van der Waals surface area contributed by atoms with Crippen molar-refractivity contribution in [2.24, 2.45) is 5.92 Å². The first kappa shape index (κ1) is 15.5. The molecule has 0 aliphatic heterocycles. The maximum absolute atomic E-state index is 11.9. The smallest absolute Gasteiger partial charge is 0.228 e. The molecule has 0 saturated heterocycles. The molecular weight excluding hydrogens is 288 g/mol. The van der Waals surface area contributed by atoms with Crippen LogP contribution in [0, 0.1) is 12.8 Å². The van der Waals surface area contributed by atoms with E-state index in [0.29, 0.717) is 5.82 Å². The highest BCUT2D eigenvalue weighted by Crippen LogP contribution is 2.28. The molecule has 0 unspecified atom stereocenters. The zero-order valence-electron chi connectivity index (χ0n) is 13.6. The van der Waals surface area contributed by atoms with Crippen molar-refractivity contribution in [3.05, 3.63) is 42.0 Å². The molecule has 1 heterocycles. The predicted octanol–water partition coefficient (Wildman–Crippen LogP) is 3.68. The van der Waals surface area contributed by atoms with Gasteiger partial charge in [-0.2, -0.15) is 0 Å². The van der Waals surface area contributed by atoms with Gasteiger partial charge < -0.3 is 10.2 Å². The van der Waals surface area contributed by atoms with Gasteiger partial charge in [-0.3, -0.25) is 4.79 Å². The first-order valence-corrected chi connectivity index (χ1v) is 8.16. The topological polar surface area (TPSA) is 58.1 Å². The van der Waals surface area contributed by atoms with E-state index < -0.39 is 0 Å². The monoisotopic (exact) mass is 310 g/mol. The number of rotatable bonds is 5. The van der Waals surface area contributed by atoms with E-state index in [1.54, 1.807) is 0 Å². The number of anilines is 3. The number of aryl methyl sites for hydroxylation is 1. The Morgan fingerprint density at radius 2 is 2.09 bits per heavy atom. The molecule has 5 nitrogen and oxygen atoms in total. The molecule has 1 fully saturated rings. The Morgan fingerprint density at radius 1 is 1.26 bits per heavy atom. The van der Waals surface area contributed by atoms with Crippen LogP contribution in [0.2, 0.25) is 0 Å². The lowest BCUT2D eigenvalue weighted by atomic mass is 9.85. The fourth-order valence-electron chi connectivity index (χ4n) is 2.71. The Bertz CT molecular complexity index is 680. The average molecular weight is 310 g/mol. The minimum atomic E-state index is 0.0596. The maximum Gasteiger partial charge on any atom is 0.228 e. The van der Waals surface area contributed by atoms with E-state index in [9.17, 15) is 4.79 Å². The molecule has 0 spiro atoms. The van der Waals surface area contributed by atoms with Gasteiger partial charge in [0, 0.05) is 18.2 Å². The second-order valence-electron chi connectivity index (χ2n) is 5.98. The number of hydrogen-bond donors (Lipinski definition) is 1. The van der Waals surface area contributed by atoms with Crippen LogP contribution >= 0.6 is 0 Å². The number of aromatic nitrogens is 2. The van der Waals surface area contributed by atoms with E-state index in [0.717, 1.165) is 37.3 Å². The third kappa shape index (κ3) is 3.50. The zero-order valence-corrected chi connectivity index (χ0v) is 13.6. The van der Waals surface area contributed by atoms with Crippen LogP contribution in [-0.2, 0) is 4.79 Å². The van der Waals surface area contributed by atoms with Gasteiger partial charge in [-0.05, 0) is 56.5 Å². The van der Waals surface area contributed by atoms with Gasteiger partial charge in [0.2, 0.25) is 5.91 Å². The highest BCUT2D eigenvalue weighted by molar-refractivity contribution is 5.92.